The molecule has 5 nitrogen and oxygen atoms in total. The molecule has 0 amide bonds. The van der Waals surface area contributed by atoms with Crippen molar-refractivity contribution in [1.29, 1.82) is 0 Å². The van der Waals surface area contributed by atoms with E-state index in [2.05, 4.69) is 20.2 Å². The van der Waals surface area contributed by atoms with Crippen LogP contribution in [-0.2, 0) is 0 Å². The van der Waals surface area contributed by atoms with Gasteiger partial charge >= 0.3 is 0 Å². The zero-order valence-corrected chi connectivity index (χ0v) is 9.31. The zero-order chi connectivity index (χ0) is 11.8. The van der Waals surface area contributed by atoms with Crippen LogP contribution >= 0.6 is 0 Å². The predicted octanol–water partition coefficient (Wildman–Crippen LogP) is 1.91. The summed E-state index contributed by atoms with van der Waals surface area (Å²) in [6, 6.07) is 8.12. The van der Waals surface area contributed by atoms with Gasteiger partial charge in [-0.25, -0.2) is 4.98 Å². The van der Waals surface area contributed by atoms with E-state index in [9.17, 15) is 0 Å². The smallest absolute Gasteiger partial charge is 0.222 e. The predicted molar refractivity (Wildman–Crippen MR) is 66.3 cm³/mol. The minimum atomic E-state index is 0.248. The van der Waals surface area contributed by atoms with E-state index in [0.29, 0.717) is 5.65 Å². The van der Waals surface area contributed by atoms with Gasteiger partial charge in [0.25, 0.3) is 0 Å². The highest BCUT2D eigenvalue weighted by atomic mass is 15.2. The van der Waals surface area contributed by atoms with Gasteiger partial charge in [0.1, 0.15) is 0 Å². The number of H-pyrrole nitrogens is 1. The number of aromatic nitrogens is 4. The molecular weight excluding hydrogens is 214 g/mol. The number of fused-ring (bicyclic) bond motifs is 1. The van der Waals surface area contributed by atoms with Crippen molar-refractivity contribution in [3.05, 3.63) is 36.0 Å². The first-order chi connectivity index (χ1) is 8.24. The third-order valence-electron chi connectivity index (χ3n) is 2.65. The summed E-state index contributed by atoms with van der Waals surface area (Å²) >= 11 is 0. The van der Waals surface area contributed by atoms with Crippen molar-refractivity contribution in [3.8, 4) is 11.3 Å². The Labute approximate surface area is 97.7 Å². The van der Waals surface area contributed by atoms with Gasteiger partial charge < -0.3 is 5.73 Å². The fourth-order valence-corrected chi connectivity index (χ4v) is 1.78. The fourth-order valence-electron chi connectivity index (χ4n) is 1.78. The van der Waals surface area contributed by atoms with E-state index < -0.39 is 0 Å². The molecule has 0 aliphatic carbocycles. The topological polar surface area (TPSA) is 80.5 Å². The Bertz CT molecular complexity index is 669. The largest absolute Gasteiger partial charge is 0.368 e. The summed E-state index contributed by atoms with van der Waals surface area (Å²) in [5.41, 5.74) is 9.37. The van der Waals surface area contributed by atoms with Gasteiger partial charge in [-0.1, -0.05) is 29.8 Å². The SMILES string of the molecule is Cc1ccc(-c2nc(N)nc3[nH]ncc23)cc1. The summed E-state index contributed by atoms with van der Waals surface area (Å²) in [5, 5.41) is 7.64. The van der Waals surface area contributed by atoms with E-state index in [0.717, 1.165) is 16.6 Å². The van der Waals surface area contributed by atoms with Crippen molar-refractivity contribution in [2.45, 2.75) is 6.92 Å². The monoisotopic (exact) mass is 225 g/mol. The molecule has 0 spiro atoms. The molecule has 0 saturated heterocycles. The second-order valence-corrected chi connectivity index (χ2v) is 3.93. The molecule has 3 rings (SSSR count). The molecule has 0 radical (unpaired) electrons. The molecule has 2 heterocycles. The number of nitrogens with zero attached hydrogens (tertiary/aromatic N) is 3. The average Bonchev–Trinajstić information content (AvgIpc) is 2.77. The fraction of sp³-hybridized carbons (Fsp3) is 0.0833. The number of nitrogens with one attached hydrogen (secondary N) is 1. The van der Waals surface area contributed by atoms with Crippen molar-refractivity contribution in [1.82, 2.24) is 20.2 Å². The molecule has 0 atom stereocenters. The van der Waals surface area contributed by atoms with Crippen LogP contribution in [0.3, 0.4) is 0 Å². The van der Waals surface area contributed by atoms with E-state index >= 15 is 0 Å². The van der Waals surface area contributed by atoms with Gasteiger partial charge in [-0.3, -0.25) is 5.10 Å². The molecule has 1 aromatic carbocycles. The van der Waals surface area contributed by atoms with Crippen molar-refractivity contribution >= 4 is 17.0 Å². The lowest BCUT2D eigenvalue weighted by molar-refractivity contribution is 1.09. The van der Waals surface area contributed by atoms with E-state index in [4.69, 9.17) is 5.73 Å². The van der Waals surface area contributed by atoms with E-state index in [1.807, 2.05) is 31.2 Å². The maximum atomic E-state index is 5.68. The summed E-state index contributed by atoms with van der Waals surface area (Å²) in [5.74, 6) is 0.248. The Balaban J connectivity index is 2.28. The van der Waals surface area contributed by atoms with Crippen LogP contribution in [0.15, 0.2) is 30.5 Å². The molecule has 0 unspecified atom stereocenters. The molecular formula is C12H11N5. The molecule has 5 heteroatoms. The highest BCUT2D eigenvalue weighted by Gasteiger charge is 2.09. The molecule has 0 aliphatic heterocycles. The number of benzene rings is 1. The number of aromatic amines is 1. The lowest BCUT2D eigenvalue weighted by atomic mass is 10.1. The number of hydrogen-bond donors (Lipinski definition) is 2. The van der Waals surface area contributed by atoms with Crippen LogP contribution in [0.25, 0.3) is 22.3 Å². The lowest BCUT2D eigenvalue weighted by Crippen LogP contribution is -1.97. The Hall–Kier alpha value is -2.43. The summed E-state index contributed by atoms with van der Waals surface area (Å²) in [6.07, 6.45) is 1.71. The summed E-state index contributed by atoms with van der Waals surface area (Å²) in [4.78, 5) is 8.37. The molecule has 3 aromatic rings. The minimum Gasteiger partial charge on any atom is -0.368 e. The van der Waals surface area contributed by atoms with Crippen LogP contribution in [0.1, 0.15) is 5.56 Å². The quantitative estimate of drug-likeness (QED) is 0.663. The highest BCUT2D eigenvalue weighted by Crippen LogP contribution is 2.25. The minimum absolute atomic E-state index is 0.248. The van der Waals surface area contributed by atoms with Crippen LogP contribution in [0.5, 0.6) is 0 Å². The van der Waals surface area contributed by atoms with E-state index in [1.165, 1.54) is 5.56 Å². The van der Waals surface area contributed by atoms with Gasteiger partial charge in [-0.05, 0) is 6.92 Å². The maximum Gasteiger partial charge on any atom is 0.222 e. The third kappa shape index (κ3) is 1.61. The Morgan fingerprint density at radius 1 is 1.12 bits per heavy atom. The van der Waals surface area contributed by atoms with Crippen LogP contribution in [-0.4, -0.2) is 20.2 Å². The lowest BCUT2D eigenvalue weighted by Gasteiger charge is -2.03. The average molecular weight is 225 g/mol. The van der Waals surface area contributed by atoms with Crippen molar-refractivity contribution in [2.75, 3.05) is 5.73 Å². The van der Waals surface area contributed by atoms with E-state index in [1.54, 1.807) is 6.20 Å². The molecule has 0 fully saturated rings. The van der Waals surface area contributed by atoms with Crippen LogP contribution in [0.4, 0.5) is 5.95 Å². The summed E-state index contributed by atoms with van der Waals surface area (Å²) in [6.45, 7) is 2.05. The van der Waals surface area contributed by atoms with Gasteiger partial charge in [0, 0.05) is 5.56 Å². The second-order valence-electron chi connectivity index (χ2n) is 3.93. The number of aryl methyl sites for hydroxylation is 1. The number of anilines is 1. The van der Waals surface area contributed by atoms with Crippen molar-refractivity contribution in [2.24, 2.45) is 0 Å². The zero-order valence-electron chi connectivity index (χ0n) is 9.31. The Morgan fingerprint density at radius 2 is 1.88 bits per heavy atom. The van der Waals surface area contributed by atoms with E-state index in [-0.39, 0.29) is 5.95 Å². The van der Waals surface area contributed by atoms with Gasteiger partial charge in [-0.15, -0.1) is 0 Å². The number of hydrogen-bond acceptors (Lipinski definition) is 4. The third-order valence-corrected chi connectivity index (χ3v) is 2.65. The first-order valence-electron chi connectivity index (χ1n) is 5.27. The molecule has 2 aromatic heterocycles. The highest BCUT2D eigenvalue weighted by molar-refractivity contribution is 5.90. The molecule has 84 valence electrons. The van der Waals surface area contributed by atoms with Crippen molar-refractivity contribution in [3.63, 3.8) is 0 Å². The molecule has 0 saturated carbocycles. The molecule has 17 heavy (non-hydrogen) atoms. The van der Waals surface area contributed by atoms with Crippen LogP contribution < -0.4 is 5.73 Å². The molecule has 3 N–H and O–H groups in total. The summed E-state index contributed by atoms with van der Waals surface area (Å²) < 4.78 is 0. The Morgan fingerprint density at radius 3 is 2.65 bits per heavy atom. The first kappa shape index (κ1) is 9.77. The van der Waals surface area contributed by atoms with Crippen LogP contribution in [0.2, 0.25) is 0 Å². The number of nitrogen functional groups attached to an aromatic ring is 1. The number of nitrogens with two attached hydrogens (primary N) is 1. The molecule has 0 bridgehead atoms. The van der Waals surface area contributed by atoms with Crippen LogP contribution in [0, 0.1) is 6.92 Å². The van der Waals surface area contributed by atoms with Gasteiger partial charge in [-0.2, -0.15) is 10.1 Å². The standard InChI is InChI=1S/C12H11N5/c1-7-2-4-8(5-3-7)10-9-6-14-17-11(9)16-12(13)15-10/h2-6H,1H3,(H3,13,14,15,16,17). The molecule has 0 aliphatic rings. The normalized spacial score (nSPS) is 10.9. The Kier molecular flexibility index (Phi) is 2.04. The van der Waals surface area contributed by atoms with Gasteiger partial charge in [0.15, 0.2) is 5.65 Å². The van der Waals surface area contributed by atoms with Gasteiger partial charge in [0.05, 0.1) is 17.3 Å². The second kappa shape index (κ2) is 3.55. The summed E-state index contributed by atoms with van der Waals surface area (Å²) in [7, 11) is 0. The maximum absolute atomic E-state index is 5.68. The van der Waals surface area contributed by atoms with Crippen molar-refractivity contribution < 1.29 is 0 Å². The number of rotatable bonds is 1. The first-order valence-corrected chi connectivity index (χ1v) is 5.27. The van der Waals surface area contributed by atoms with Gasteiger partial charge in [0.2, 0.25) is 5.95 Å².